The highest BCUT2D eigenvalue weighted by atomic mass is 79.9. The summed E-state index contributed by atoms with van der Waals surface area (Å²) in [6.07, 6.45) is 0. The highest BCUT2D eigenvalue weighted by Crippen LogP contribution is 2.35. The van der Waals surface area contributed by atoms with Gasteiger partial charge in [-0.15, -0.1) is 0 Å². The Bertz CT molecular complexity index is 1420. The molecule has 5 aromatic rings. The lowest BCUT2D eigenvalue weighted by Gasteiger charge is -2.04. The van der Waals surface area contributed by atoms with Crippen molar-refractivity contribution in [2.45, 2.75) is 6.92 Å². The van der Waals surface area contributed by atoms with Gasteiger partial charge in [0, 0.05) is 18.2 Å². The van der Waals surface area contributed by atoms with Crippen LogP contribution in [0.15, 0.2) is 65.3 Å². The quantitative estimate of drug-likeness (QED) is 0.289. The van der Waals surface area contributed by atoms with Crippen molar-refractivity contribution in [3.05, 3.63) is 81.7 Å². The molecule has 0 fully saturated rings. The number of aromatic nitrogens is 4. The first-order valence-electron chi connectivity index (χ1n) is 9.66. The Morgan fingerprint density at radius 3 is 2.48 bits per heavy atom. The molecule has 0 radical (unpaired) electrons. The van der Waals surface area contributed by atoms with Gasteiger partial charge in [-0.1, -0.05) is 48.0 Å². The maximum absolute atomic E-state index is 14.3. The molecule has 0 atom stereocenters. The van der Waals surface area contributed by atoms with Gasteiger partial charge in [-0.25, -0.2) is 14.4 Å². The standard InChI is InChI=1S/C24H17BrClFN4/c1-13-6-11-18-19(12-13)31(2)24(28-18)15-9-7-14(8-10-15)21-22(25)30-23(29-21)20-16(26)4-3-5-17(20)27/h3-12H,1-2H3,(H,29,30). The molecular formula is C24H17BrClFN4. The van der Waals surface area contributed by atoms with Crippen LogP contribution in [-0.4, -0.2) is 19.5 Å². The molecule has 1 N–H and O–H groups in total. The molecule has 2 aromatic heterocycles. The fraction of sp³-hybridized carbons (Fsp3) is 0.0833. The number of imidazole rings is 2. The van der Waals surface area contributed by atoms with Crippen LogP contribution in [0, 0.1) is 12.7 Å². The molecule has 154 valence electrons. The molecule has 0 amide bonds. The molecule has 0 spiro atoms. The molecule has 0 aliphatic heterocycles. The van der Waals surface area contributed by atoms with E-state index in [0.717, 1.165) is 28.0 Å². The minimum absolute atomic E-state index is 0.253. The second-order valence-electron chi connectivity index (χ2n) is 7.41. The van der Waals surface area contributed by atoms with Gasteiger partial charge >= 0.3 is 0 Å². The topological polar surface area (TPSA) is 46.5 Å². The monoisotopic (exact) mass is 494 g/mol. The molecule has 3 aromatic carbocycles. The van der Waals surface area contributed by atoms with Crippen molar-refractivity contribution in [3.63, 3.8) is 0 Å². The molecule has 0 aliphatic carbocycles. The number of benzene rings is 3. The smallest absolute Gasteiger partial charge is 0.143 e. The summed E-state index contributed by atoms with van der Waals surface area (Å²) in [6.45, 7) is 2.07. The first kappa shape index (κ1) is 20.0. The lowest BCUT2D eigenvalue weighted by Crippen LogP contribution is -1.92. The predicted octanol–water partition coefficient (Wildman–Crippen LogP) is 7.16. The number of aromatic amines is 1. The van der Waals surface area contributed by atoms with Crippen molar-refractivity contribution in [2.24, 2.45) is 7.05 Å². The molecule has 2 heterocycles. The second-order valence-corrected chi connectivity index (χ2v) is 8.61. The van der Waals surface area contributed by atoms with Gasteiger partial charge in [0.05, 0.1) is 21.6 Å². The number of rotatable bonds is 3. The summed E-state index contributed by atoms with van der Waals surface area (Å²) in [5.74, 6) is 0.847. The average molecular weight is 496 g/mol. The number of fused-ring (bicyclic) bond motifs is 1. The zero-order chi connectivity index (χ0) is 21.7. The zero-order valence-electron chi connectivity index (χ0n) is 16.7. The number of hydrogen-bond donors (Lipinski definition) is 1. The molecule has 31 heavy (non-hydrogen) atoms. The van der Waals surface area contributed by atoms with Gasteiger partial charge in [-0.05, 0) is 52.7 Å². The summed E-state index contributed by atoms with van der Waals surface area (Å²) in [5.41, 5.74) is 6.09. The lowest BCUT2D eigenvalue weighted by atomic mass is 10.1. The third kappa shape index (κ3) is 3.46. The van der Waals surface area contributed by atoms with Gasteiger partial charge in [0.1, 0.15) is 27.8 Å². The Morgan fingerprint density at radius 2 is 1.74 bits per heavy atom. The van der Waals surface area contributed by atoms with Crippen LogP contribution in [-0.2, 0) is 7.05 Å². The Hall–Kier alpha value is -2.96. The first-order valence-corrected chi connectivity index (χ1v) is 10.8. The van der Waals surface area contributed by atoms with E-state index in [-0.39, 0.29) is 5.56 Å². The predicted molar refractivity (Wildman–Crippen MR) is 127 cm³/mol. The molecule has 0 saturated heterocycles. The fourth-order valence-corrected chi connectivity index (χ4v) is 4.48. The first-order chi connectivity index (χ1) is 14.9. The van der Waals surface area contributed by atoms with Gasteiger partial charge in [0.25, 0.3) is 0 Å². The van der Waals surface area contributed by atoms with Crippen LogP contribution in [0.1, 0.15) is 5.56 Å². The molecule has 0 bridgehead atoms. The fourth-order valence-electron chi connectivity index (χ4n) is 3.72. The van der Waals surface area contributed by atoms with E-state index in [2.05, 4.69) is 49.5 Å². The number of aryl methyl sites for hydroxylation is 2. The summed E-state index contributed by atoms with van der Waals surface area (Å²) >= 11 is 9.70. The highest BCUT2D eigenvalue weighted by Gasteiger charge is 2.17. The average Bonchev–Trinajstić information content (AvgIpc) is 3.28. The second kappa shape index (κ2) is 7.62. The van der Waals surface area contributed by atoms with Crippen molar-refractivity contribution in [2.75, 3.05) is 0 Å². The largest absolute Gasteiger partial charge is 0.332 e. The Labute approximate surface area is 191 Å². The van der Waals surface area contributed by atoms with E-state index in [4.69, 9.17) is 16.6 Å². The number of nitrogens with one attached hydrogen (secondary N) is 1. The SMILES string of the molecule is Cc1ccc2nc(-c3ccc(-c4nc(-c5c(F)cccc5Cl)[nH]c4Br)cc3)n(C)c2c1. The van der Waals surface area contributed by atoms with E-state index in [1.54, 1.807) is 12.1 Å². The molecule has 5 rings (SSSR count). The number of H-pyrrole nitrogens is 1. The summed E-state index contributed by atoms with van der Waals surface area (Å²) in [4.78, 5) is 12.5. The van der Waals surface area contributed by atoms with Crippen molar-refractivity contribution in [3.8, 4) is 34.0 Å². The van der Waals surface area contributed by atoms with Crippen LogP contribution in [0.4, 0.5) is 4.39 Å². The van der Waals surface area contributed by atoms with Crippen molar-refractivity contribution in [1.82, 2.24) is 19.5 Å². The summed E-state index contributed by atoms with van der Waals surface area (Å²) in [5, 5.41) is 0.306. The zero-order valence-corrected chi connectivity index (χ0v) is 19.1. The normalized spacial score (nSPS) is 11.4. The van der Waals surface area contributed by atoms with Crippen molar-refractivity contribution in [1.29, 1.82) is 0 Å². The molecule has 0 unspecified atom stereocenters. The van der Waals surface area contributed by atoms with Gasteiger partial charge < -0.3 is 9.55 Å². The minimum Gasteiger partial charge on any atom is -0.332 e. The molecule has 0 aliphatic rings. The third-order valence-electron chi connectivity index (χ3n) is 5.31. The van der Waals surface area contributed by atoms with Gasteiger partial charge in [0.2, 0.25) is 0 Å². The lowest BCUT2D eigenvalue weighted by molar-refractivity contribution is 0.630. The summed E-state index contributed by atoms with van der Waals surface area (Å²) in [7, 11) is 2.02. The van der Waals surface area contributed by atoms with E-state index in [9.17, 15) is 4.39 Å². The molecule has 7 heteroatoms. The van der Waals surface area contributed by atoms with E-state index in [1.807, 2.05) is 37.4 Å². The molecule has 0 saturated carbocycles. The number of halogens is 3. The Kier molecular flexibility index (Phi) is 4.91. The van der Waals surface area contributed by atoms with Crippen LogP contribution < -0.4 is 0 Å². The Balaban J connectivity index is 1.53. The van der Waals surface area contributed by atoms with Crippen LogP contribution >= 0.6 is 27.5 Å². The van der Waals surface area contributed by atoms with E-state index >= 15 is 0 Å². The Morgan fingerprint density at radius 1 is 1.00 bits per heavy atom. The third-order valence-corrected chi connectivity index (χ3v) is 6.20. The van der Waals surface area contributed by atoms with Crippen molar-refractivity contribution < 1.29 is 4.39 Å². The number of nitrogens with zero attached hydrogens (tertiary/aromatic N) is 3. The van der Waals surface area contributed by atoms with E-state index in [1.165, 1.54) is 11.6 Å². The molecule has 4 nitrogen and oxygen atoms in total. The van der Waals surface area contributed by atoms with Crippen LogP contribution in [0.3, 0.4) is 0 Å². The summed E-state index contributed by atoms with van der Waals surface area (Å²) < 4.78 is 17.1. The van der Waals surface area contributed by atoms with Gasteiger partial charge in [-0.3, -0.25) is 0 Å². The molecular weight excluding hydrogens is 479 g/mol. The van der Waals surface area contributed by atoms with Gasteiger partial charge in [0.15, 0.2) is 0 Å². The summed E-state index contributed by atoms with van der Waals surface area (Å²) in [6, 6.07) is 18.8. The maximum Gasteiger partial charge on any atom is 0.143 e. The van der Waals surface area contributed by atoms with Gasteiger partial charge in [-0.2, -0.15) is 0 Å². The van der Waals surface area contributed by atoms with E-state index < -0.39 is 5.82 Å². The van der Waals surface area contributed by atoms with Crippen LogP contribution in [0.2, 0.25) is 5.02 Å². The maximum atomic E-state index is 14.3. The van der Waals surface area contributed by atoms with Crippen LogP contribution in [0.5, 0.6) is 0 Å². The van der Waals surface area contributed by atoms with Crippen molar-refractivity contribution >= 4 is 38.6 Å². The number of hydrogen-bond acceptors (Lipinski definition) is 2. The highest BCUT2D eigenvalue weighted by molar-refractivity contribution is 9.10. The minimum atomic E-state index is -0.423. The van der Waals surface area contributed by atoms with E-state index in [0.29, 0.717) is 21.1 Å². The van der Waals surface area contributed by atoms with Crippen LogP contribution in [0.25, 0.3) is 45.1 Å².